The van der Waals surface area contributed by atoms with Crippen LogP contribution in [0.1, 0.15) is 30.1 Å². The third-order valence-electron chi connectivity index (χ3n) is 4.30. The smallest absolute Gasteiger partial charge is 0.317 e. The molecule has 1 aliphatic heterocycles. The van der Waals surface area contributed by atoms with E-state index in [2.05, 4.69) is 15.5 Å². The van der Waals surface area contributed by atoms with Crippen LogP contribution in [-0.2, 0) is 20.0 Å². The van der Waals surface area contributed by atoms with Crippen LogP contribution in [0.3, 0.4) is 0 Å². The first kappa shape index (κ1) is 15.6. The van der Waals surface area contributed by atoms with Crippen LogP contribution in [0.4, 0.5) is 4.79 Å². The second kappa shape index (κ2) is 6.85. The Balaban J connectivity index is 1.51. The second-order valence-corrected chi connectivity index (χ2v) is 6.20. The van der Waals surface area contributed by atoms with Gasteiger partial charge in [-0.25, -0.2) is 9.78 Å². The summed E-state index contributed by atoms with van der Waals surface area (Å²) in [5.41, 5.74) is 0.748. The standard InChI is InChI=1S/C16H23N5O2/c1-12-8-14(19-23-12)10-18-16(22)21-6-3-4-13(11-21)9-15-17-5-7-20(15)2/h5,7-8,13H,3-4,6,9-11H2,1-2H3,(H,18,22)/t13-/m0/s1. The van der Waals surface area contributed by atoms with Crippen LogP contribution in [0, 0.1) is 12.8 Å². The molecule has 3 heterocycles. The van der Waals surface area contributed by atoms with E-state index in [0.29, 0.717) is 12.5 Å². The van der Waals surface area contributed by atoms with E-state index in [1.54, 1.807) is 0 Å². The van der Waals surface area contributed by atoms with Crippen LogP contribution in [-0.4, -0.2) is 38.7 Å². The third-order valence-corrected chi connectivity index (χ3v) is 4.30. The fourth-order valence-electron chi connectivity index (χ4n) is 3.05. The predicted octanol–water partition coefficient (Wildman–Crippen LogP) is 1.88. The van der Waals surface area contributed by atoms with Crippen LogP contribution < -0.4 is 5.32 Å². The van der Waals surface area contributed by atoms with E-state index in [0.717, 1.165) is 49.6 Å². The van der Waals surface area contributed by atoms with Crippen molar-refractivity contribution in [1.29, 1.82) is 0 Å². The lowest BCUT2D eigenvalue weighted by Crippen LogP contribution is -2.45. The number of hydrogen-bond donors (Lipinski definition) is 1. The van der Waals surface area contributed by atoms with E-state index in [1.165, 1.54) is 0 Å². The summed E-state index contributed by atoms with van der Waals surface area (Å²) in [5, 5.41) is 6.80. The van der Waals surface area contributed by atoms with Crippen LogP contribution in [0.15, 0.2) is 23.0 Å². The molecule has 124 valence electrons. The number of nitrogens with one attached hydrogen (secondary N) is 1. The fraction of sp³-hybridized carbons (Fsp3) is 0.562. The predicted molar refractivity (Wildman–Crippen MR) is 84.7 cm³/mol. The van der Waals surface area contributed by atoms with Gasteiger partial charge in [0.15, 0.2) is 0 Å². The number of carbonyl (C=O) groups excluding carboxylic acids is 1. The van der Waals surface area contributed by atoms with Crippen molar-refractivity contribution in [1.82, 2.24) is 24.9 Å². The molecule has 2 aromatic rings. The normalized spacial score (nSPS) is 18.2. The van der Waals surface area contributed by atoms with Crippen molar-refractivity contribution in [2.75, 3.05) is 13.1 Å². The highest BCUT2D eigenvalue weighted by molar-refractivity contribution is 5.74. The molecule has 1 saturated heterocycles. The number of likely N-dealkylation sites (tertiary alicyclic amines) is 1. The lowest BCUT2D eigenvalue weighted by atomic mass is 9.94. The van der Waals surface area contributed by atoms with Gasteiger partial charge in [0.05, 0.1) is 6.54 Å². The third kappa shape index (κ3) is 3.91. The number of aromatic nitrogens is 3. The zero-order chi connectivity index (χ0) is 16.2. The average molecular weight is 317 g/mol. The molecule has 1 N–H and O–H groups in total. The van der Waals surface area contributed by atoms with Gasteiger partial charge in [-0.2, -0.15) is 0 Å². The van der Waals surface area contributed by atoms with Gasteiger partial charge in [0.2, 0.25) is 0 Å². The number of rotatable bonds is 4. The van der Waals surface area contributed by atoms with E-state index in [1.807, 2.05) is 41.9 Å². The van der Waals surface area contributed by atoms with Gasteiger partial charge in [0.1, 0.15) is 17.3 Å². The largest absolute Gasteiger partial charge is 0.361 e. The van der Waals surface area contributed by atoms with E-state index in [-0.39, 0.29) is 6.03 Å². The molecule has 1 atom stereocenters. The van der Waals surface area contributed by atoms with Crippen LogP contribution in [0.25, 0.3) is 0 Å². The van der Waals surface area contributed by atoms with Crippen LogP contribution in [0.5, 0.6) is 0 Å². The van der Waals surface area contributed by atoms with Gasteiger partial charge in [-0.3, -0.25) is 0 Å². The molecule has 1 aliphatic rings. The van der Waals surface area contributed by atoms with Crippen molar-refractivity contribution in [3.05, 3.63) is 35.7 Å². The zero-order valence-electron chi connectivity index (χ0n) is 13.7. The molecule has 7 nitrogen and oxygen atoms in total. The number of hydrogen-bond acceptors (Lipinski definition) is 4. The Kier molecular flexibility index (Phi) is 4.64. The SMILES string of the molecule is Cc1cc(CNC(=O)N2CCC[C@@H](Cc3nccn3C)C2)no1. The summed E-state index contributed by atoms with van der Waals surface area (Å²) in [6.45, 7) is 3.82. The Bertz CT molecular complexity index is 663. The number of aryl methyl sites for hydroxylation is 2. The quantitative estimate of drug-likeness (QED) is 0.934. The first-order valence-electron chi connectivity index (χ1n) is 8.03. The Morgan fingerprint density at radius 3 is 3.09 bits per heavy atom. The van der Waals surface area contributed by atoms with Gasteiger partial charge >= 0.3 is 6.03 Å². The molecular weight excluding hydrogens is 294 g/mol. The van der Waals surface area contributed by atoms with E-state index < -0.39 is 0 Å². The van der Waals surface area contributed by atoms with Crippen molar-refractivity contribution >= 4 is 6.03 Å². The number of piperidine rings is 1. The Hall–Kier alpha value is -2.31. The molecule has 1 fully saturated rings. The van der Waals surface area contributed by atoms with E-state index in [4.69, 9.17) is 4.52 Å². The number of imidazole rings is 1. The Labute approximate surface area is 135 Å². The summed E-state index contributed by atoms with van der Waals surface area (Å²) in [6.07, 6.45) is 6.87. The fourth-order valence-corrected chi connectivity index (χ4v) is 3.05. The summed E-state index contributed by atoms with van der Waals surface area (Å²) >= 11 is 0. The summed E-state index contributed by atoms with van der Waals surface area (Å²) in [5.74, 6) is 2.29. The van der Waals surface area contributed by atoms with Crippen molar-refractivity contribution in [2.24, 2.45) is 13.0 Å². The van der Waals surface area contributed by atoms with Crippen LogP contribution >= 0.6 is 0 Å². The van der Waals surface area contributed by atoms with Crippen molar-refractivity contribution < 1.29 is 9.32 Å². The minimum Gasteiger partial charge on any atom is -0.361 e. The van der Waals surface area contributed by atoms with E-state index in [9.17, 15) is 4.79 Å². The molecule has 0 aliphatic carbocycles. The minimum absolute atomic E-state index is 0.0322. The zero-order valence-corrected chi connectivity index (χ0v) is 13.7. The highest BCUT2D eigenvalue weighted by Gasteiger charge is 2.24. The molecule has 0 bridgehead atoms. The van der Waals surface area contributed by atoms with Gasteiger partial charge in [0, 0.05) is 45.0 Å². The molecule has 0 unspecified atom stereocenters. The average Bonchev–Trinajstić information content (AvgIpc) is 3.14. The molecule has 0 spiro atoms. The molecule has 3 rings (SSSR count). The molecule has 0 saturated carbocycles. The highest BCUT2D eigenvalue weighted by Crippen LogP contribution is 2.20. The summed E-state index contributed by atoms with van der Waals surface area (Å²) in [4.78, 5) is 18.6. The van der Waals surface area contributed by atoms with Gasteiger partial charge < -0.3 is 19.3 Å². The lowest BCUT2D eigenvalue weighted by molar-refractivity contribution is 0.164. The topological polar surface area (TPSA) is 76.2 Å². The maximum atomic E-state index is 12.3. The number of amides is 2. The molecule has 23 heavy (non-hydrogen) atoms. The maximum absolute atomic E-state index is 12.3. The first-order valence-corrected chi connectivity index (χ1v) is 8.03. The summed E-state index contributed by atoms with van der Waals surface area (Å²) in [7, 11) is 2.01. The first-order chi connectivity index (χ1) is 11.1. The summed E-state index contributed by atoms with van der Waals surface area (Å²) in [6, 6.07) is 1.80. The number of urea groups is 1. The van der Waals surface area contributed by atoms with Gasteiger partial charge in [-0.1, -0.05) is 5.16 Å². The van der Waals surface area contributed by atoms with Crippen molar-refractivity contribution in [3.8, 4) is 0 Å². The van der Waals surface area contributed by atoms with E-state index >= 15 is 0 Å². The van der Waals surface area contributed by atoms with Crippen molar-refractivity contribution in [2.45, 2.75) is 32.7 Å². The van der Waals surface area contributed by atoms with Gasteiger partial charge in [-0.15, -0.1) is 0 Å². The monoisotopic (exact) mass is 317 g/mol. The Morgan fingerprint density at radius 1 is 1.52 bits per heavy atom. The number of carbonyl (C=O) groups is 1. The maximum Gasteiger partial charge on any atom is 0.317 e. The highest BCUT2D eigenvalue weighted by atomic mass is 16.5. The molecular formula is C16H23N5O2. The van der Waals surface area contributed by atoms with Gasteiger partial charge in [-0.05, 0) is 25.7 Å². The molecule has 2 aromatic heterocycles. The molecule has 0 aromatic carbocycles. The lowest BCUT2D eigenvalue weighted by Gasteiger charge is -2.32. The summed E-state index contributed by atoms with van der Waals surface area (Å²) < 4.78 is 7.05. The van der Waals surface area contributed by atoms with Crippen LogP contribution in [0.2, 0.25) is 0 Å². The van der Waals surface area contributed by atoms with Crippen molar-refractivity contribution in [3.63, 3.8) is 0 Å². The number of nitrogens with zero attached hydrogens (tertiary/aromatic N) is 4. The second-order valence-electron chi connectivity index (χ2n) is 6.20. The minimum atomic E-state index is -0.0322. The van der Waals surface area contributed by atoms with Gasteiger partial charge in [0.25, 0.3) is 0 Å². The molecule has 0 radical (unpaired) electrons. The molecule has 7 heteroatoms. The Morgan fingerprint density at radius 2 is 2.39 bits per heavy atom. The molecule has 2 amide bonds.